The largest absolute Gasteiger partial charge is 0.496 e. The SMILES string of the molecule is COc1ccccc1[C@@H]1CO[C@@](C(=O)NS(=O)(=O)c2cccc3nc(N)ccc23)(c2cc(C)ccc2OC)C1. The smallest absolute Gasteiger partial charge is 0.270 e. The second kappa shape index (κ2) is 10.2. The lowest BCUT2D eigenvalue weighted by Gasteiger charge is -2.29. The summed E-state index contributed by atoms with van der Waals surface area (Å²) in [5, 5.41) is 0.341. The fourth-order valence-electron chi connectivity index (χ4n) is 5.15. The van der Waals surface area contributed by atoms with Crippen LogP contribution in [0, 0.1) is 6.92 Å². The fraction of sp³-hybridized carbons (Fsp3) is 0.241. The van der Waals surface area contributed by atoms with E-state index in [0.717, 1.165) is 11.1 Å². The number of aryl methyl sites for hydroxylation is 1. The Morgan fingerprint density at radius 1 is 1.03 bits per heavy atom. The summed E-state index contributed by atoms with van der Waals surface area (Å²) in [6.45, 7) is 2.05. The minimum absolute atomic E-state index is 0.0912. The molecule has 202 valence electrons. The van der Waals surface area contributed by atoms with Gasteiger partial charge in [0.1, 0.15) is 17.3 Å². The molecule has 0 unspecified atom stereocenters. The molecule has 0 bridgehead atoms. The van der Waals surface area contributed by atoms with Crippen molar-refractivity contribution in [2.75, 3.05) is 26.6 Å². The van der Waals surface area contributed by atoms with Crippen LogP contribution in [0.1, 0.15) is 29.0 Å². The van der Waals surface area contributed by atoms with E-state index in [-0.39, 0.29) is 29.7 Å². The third-order valence-corrected chi connectivity index (χ3v) is 8.42. The molecule has 0 spiro atoms. The number of hydrogen-bond acceptors (Lipinski definition) is 8. The molecule has 1 aliphatic heterocycles. The topological polar surface area (TPSA) is 130 Å². The van der Waals surface area contributed by atoms with Gasteiger partial charge < -0.3 is 19.9 Å². The zero-order valence-electron chi connectivity index (χ0n) is 21.8. The van der Waals surface area contributed by atoms with Crippen molar-refractivity contribution in [1.82, 2.24) is 9.71 Å². The highest BCUT2D eigenvalue weighted by atomic mass is 32.2. The zero-order valence-corrected chi connectivity index (χ0v) is 22.6. The van der Waals surface area contributed by atoms with Crippen molar-refractivity contribution in [3.63, 3.8) is 0 Å². The number of ether oxygens (including phenoxy) is 3. The van der Waals surface area contributed by atoms with E-state index in [1.165, 1.54) is 19.2 Å². The van der Waals surface area contributed by atoms with Crippen molar-refractivity contribution in [2.24, 2.45) is 0 Å². The highest BCUT2D eigenvalue weighted by molar-refractivity contribution is 7.90. The number of nitrogens with one attached hydrogen (secondary N) is 1. The monoisotopic (exact) mass is 547 g/mol. The molecule has 0 aliphatic carbocycles. The molecule has 1 saturated heterocycles. The van der Waals surface area contributed by atoms with Crippen LogP contribution in [-0.2, 0) is 25.2 Å². The quantitative estimate of drug-likeness (QED) is 0.355. The maximum absolute atomic E-state index is 14.1. The van der Waals surface area contributed by atoms with Crippen molar-refractivity contribution in [3.8, 4) is 11.5 Å². The summed E-state index contributed by atoms with van der Waals surface area (Å²) in [5.41, 5.74) is 6.70. The second-order valence-corrected chi connectivity index (χ2v) is 11.1. The van der Waals surface area contributed by atoms with Crippen LogP contribution in [0.15, 0.2) is 77.7 Å². The van der Waals surface area contributed by atoms with Gasteiger partial charge in [-0.2, -0.15) is 0 Å². The molecule has 2 atom stereocenters. The molecule has 3 aromatic carbocycles. The average molecular weight is 548 g/mol. The number of hydrogen-bond donors (Lipinski definition) is 2. The Hall–Kier alpha value is -4.15. The van der Waals surface area contributed by atoms with Crippen molar-refractivity contribution in [1.29, 1.82) is 0 Å². The highest BCUT2D eigenvalue weighted by Gasteiger charge is 2.52. The Balaban J connectivity index is 1.59. The number of methoxy groups -OCH3 is 2. The third-order valence-electron chi connectivity index (χ3n) is 7.03. The number of para-hydroxylation sites is 1. The van der Waals surface area contributed by atoms with Gasteiger partial charge in [-0.3, -0.25) is 4.79 Å². The van der Waals surface area contributed by atoms with E-state index in [1.807, 2.05) is 37.3 Å². The number of amides is 1. The lowest BCUT2D eigenvalue weighted by Crippen LogP contribution is -2.46. The lowest BCUT2D eigenvalue weighted by molar-refractivity contribution is -0.140. The summed E-state index contributed by atoms with van der Waals surface area (Å²) >= 11 is 0. The van der Waals surface area contributed by atoms with Crippen LogP contribution in [0.25, 0.3) is 10.9 Å². The second-order valence-electron chi connectivity index (χ2n) is 9.48. The number of fused-ring (bicyclic) bond motifs is 1. The highest BCUT2D eigenvalue weighted by Crippen LogP contribution is 2.48. The zero-order chi connectivity index (χ0) is 27.8. The number of rotatable bonds is 7. The van der Waals surface area contributed by atoms with E-state index < -0.39 is 21.5 Å². The number of nitrogens with zero attached hydrogens (tertiary/aromatic N) is 1. The minimum Gasteiger partial charge on any atom is -0.496 e. The summed E-state index contributed by atoms with van der Waals surface area (Å²) in [4.78, 5) is 18.2. The Bertz CT molecular complexity index is 1670. The molecule has 10 heteroatoms. The van der Waals surface area contributed by atoms with E-state index in [0.29, 0.717) is 28.0 Å². The molecule has 0 saturated carbocycles. The molecule has 1 fully saturated rings. The maximum Gasteiger partial charge on any atom is 0.270 e. The van der Waals surface area contributed by atoms with Gasteiger partial charge in [0.25, 0.3) is 15.9 Å². The van der Waals surface area contributed by atoms with Crippen LogP contribution >= 0.6 is 0 Å². The van der Waals surface area contributed by atoms with Gasteiger partial charge >= 0.3 is 0 Å². The number of benzene rings is 3. The van der Waals surface area contributed by atoms with Gasteiger partial charge in [-0.05, 0) is 61.4 Å². The van der Waals surface area contributed by atoms with Crippen LogP contribution in [0.2, 0.25) is 0 Å². The normalized spacial score (nSPS) is 19.1. The van der Waals surface area contributed by atoms with Crippen LogP contribution in [0.5, 0.6) is 11.5 Å². The molecule has 1 aliphatic rings. The Labute approximate surface area is 227 Å². The van der Waals surface area contributed by atoms with Gasteiger partial charge in [-0.15, -0.1) is 0 Å². The molecule has 1 aromatic heterocycles. The number of anilines is 1. The predicted molar refractivity (Wildman–Crippen MR) is 147 cm³/mol. The first-order valence-electron chi connectivity index (χ1n) is 12.3. The third kappa shape index (κ3) is 4.77. The number of nitrogen functional groups attached to an aromatic ring is 1. The Morgan fingerprint density at radius 3 is 2.56 bits per heavy atom. The summed E-state index contributed by atoms with van der Waals surface area (Å²) in [6.07, 6.45) is 0.169. The fourth-order valence-corrected chi connectivity index (χ4v) is 6.39. The van der Waals surface area contributed by atoms with E-state index in [9.17, 15) is 13.2 Å². The minimum atomic E-state index is -4.33. The van der Waals surface area contributed by atoms with Crippen molar-refractivity contribution < 1.29 is 27.4 Å². The standard InChI is InChI=1S/C29H29N3O6S/c1-18-11-13-25(37-3)22(15-18)29(16-19(17-38-29)20-7-4-5-9-24(20)36-2)28(33)32-39(34,35)26-10-6-8-23-21(26)12-14-27(30)31-23/h4-15,19H,16-17H2,1-3H3,(H2,30,31)(H,32,33)/t19-,29+/m0/s1. The van der Waals surface area contributed by atoms with Crippen LogP contribution in [-0.4, -0.2) is 40.1 Å². The van der Waals surface area contributed by atoms with Crippen molar-refractivity contribution in [3.05, 3.63) is 89.5 Å². The summed E-state index contributed by atoms with van der Waals surface area (Å²) < 4.78 is 47.0. The summed E-state index contributed by atoms with van der Waals surface area (Å²) in [5.74, 6) is 0.273. The molecule has 1 amide bonds. The summed E-state index contributed by atoms with van der Waals surface area (Å²) in [6, 6.07) is 20.6. The first-order chi connectivity index (χ1) is 18.7. The molecule has 9 nitrogen and oxygen atoms in total. The molecular weight excluding hydrogens is 518 g/mol. The van der Waals surface area contributed by atoms with Crippen molar-refractivity contribution in [2.45, 2.75) is 29.8 Å². The predicted octanol–water partition coefficient (Wildman–Crippen LogP) is 4.05. The Kier molecular flexibility index (Phi) is 6.92. The Morgan fingerprint density at radius 2 is 1.79 bits per heavy atom. The number of carbonyl (C=O) groups excluding carboxylic acids is 1. The van der Waals surface area contributed by atoms with Gasteiger partial charge in [0, 0.05) is 16.9 Å². The molecule has 3 N–H and O–H groups in total. The number of aromatic nitrogens is 1. The van der Waals surface area contributed by atoms with Gasteiger partial charge in [0.05, 0.1) is 31.2 Å². The van der Waals surface area contributed by atoms with Gasteiger partial charge in [0.2, 0.25) is 0 Å². The van der Waals surface area contributed by atoms with Gasteiger partial charge in [-0.25, -0.2) is 18.1 Å². The first-order valence-corrected chi connectivity index (χ1v) is 13.8. The number of nitrogens with two attached hydrogens (primary N) is 1. The van der Waals surface area contributed by atoms with E-state index in [2.05, 4.69) is 9.71 Å². The van der Waals surface area contributed by atoms with E-state index in [4.69, 9.17) is 19.9 Å². The van der Waals surface area contributed by atoms with E-state index >= 15 is 0 Å². The van der Waals surface area contributed by atoms with Crippen LogP contribution in [0.3, 0.4) is 0 Å². The molecular formula is C29H29N3O6S. The molecule has 5 rings (SSSR count). The molecule has 0 radical (unpaired) electrons. The van der Waals surface area contributed by atoms with E-state index in [1.54, 1.807) is 37.4 Å². The number of pyridine rings is 1. The van der Waals surface area contributed by atoms with Gasteiger partial charge in [0.15, 0.2) is 5.60 Å². The molecule has 4 aromatic rings. The van der Waals surface area contributed by atoms with Crippen LogP contribution < -0.4 is 19.9 Å². The maximum atomic E-state index is 14.1. The summed E-state index contributed by atoms with van der Waals surface area (Å²) in [7, 11) is -1.25. The first kappa shape index (κ1) is 26.5. The molecule has 39 heavy (non-hydrogen) atoms. The molecule has 2 heterocycles. The lowest BCUT2D eigenvalue weighted by atomic mass is 9.83. The van der Waals surface area contributed by atoms with Crippen LogP contribution in [0.4, 0.5) is 5.82 Å². The number of sulfonamides is 1. The van der Waals surface area contributed by atoms with Crippen molar-refractivity contribution >= 4 is 32.7 Å². The number of carbonyl (C=O) groups is 1. The average Bonchev–Trinajstić information content (AvgIpc) is 3.39. The van der Waals surface area contributed by atoms with Gasteiger partial charge in [-0.1, -0.05) is 35.9 Å².